The number of anilines is 1. The van der Waals surface area contributed by atoms with Crippen molar-refractivity contribution in [3.05, 3.63) is 29.8 Å². The molecule has 0 radical (unpaired) electrons. The summed E-state index contributed by atoms with van der Waals surface area (Å²) in [6.07, 6.45) is 1.81. The first kappa shape index (κ1) is 11.0. The molecule has 0 aliphatic heterocycles. The number of hydrogen-bond acceptors (Lipinski definition) is 3. The van der Waals surface area contributed by atoms with Gasteiger partial charge in [0.1, 0.15) is 0 Å². The summed E-state index contributed by atoms with van der Waals surface area (Å²) in [4.78, 5) is 0. The van der Waals surface area contributed by atoms with Gasteiger partial charge in [-0.1, -0.05) is 12.1 Å². The second kappa shape index (κ2) is 6.40. The second-order valence-corrected chi connectivity index (χ2v) is 3.21. The smallest absolute Gasteiger partial charge is 0.0681 e. The van der Waals surface area contributed by atoms with Crippen molar-refractivity contribution in [1.82, 2.24) is 0 Å². The van der Waals surface area contributed by atoms with Crippen molar-refractivity contribution >= 4 is 5.69 Å². The van der Waals surface area contributed by atoms with Gasteiger partial charge in [0.2, 0.25) is 0 Å². The van der Waals surface area contributed by atoms with Crippen LogP contribution >= 0.6 is 0 Å². The molecule has 0 aromatic heterocycles. The summed E-state index contributed by atoms with van der Waals surface area (Å²) in [6.45, 7) is 1.22. The first-order valence-electron chi connectivity index (χ1n) is 4.91. The largest absolute Gasteiger partial charge is 0.396 e. The van der Waals surface area contributed by atoms with Gasteiger partial charge in [-0.25, -0.2) is 0 Å². The molecule has 0 bridgehead atoms. The zero-order valence-electron chi connectivity index (χ0n) is 8.24. The summed E-state index contributed by atoms with van der Waals surface area (Å²) in [6, 6.07) is 7.69. The van der Waals surface area contributed by atoms with E-state index in [1.807, 2.05) is 24.3 Å². The average molecular weight is 195 g/mol. The van der Waals surface area contributed by atoms with E-state index in [1.165, 1.54) is 0 Å². The van der Waals surface area contributed by atoms with E-state index in [2.05, 4.69) is 5.32 Å². The SMILES string of the molecule is OCCCCNc1ccc(CO)cc1. The maximum atomic E-state index is 8.83. The maximum absolute atomic E-state index is 8.83. The number of benzene rings is 1. The highest BCUT2D eigenvalue weighted by atomic mass is 16.3. The minimum absolute atomic E-state index is 0.0881. The fourth-order valence-electron chi connectivity index (χ4n) is 1.20. The van der Waals surface area contributed by atoms with Crippen molar-refractivity contribution in [2.75, 3.05) is 18.5 Å². The van der Waals surface area contributed by atoms with Crippen LogP contribution in [0.3, 0.4) is 0 Å². The third-order valence-electron chi connectivity index (χ3n) is 2.05. The summed E-state index contributed by atoms with van der Waals surface area (Å²) in [5.74, 6) is 0. The lowest BCUT2D eigenvalue weighted by molar-refractivity contribution is 0.282. The Hall–Kier alpha value is -1.06. The Kier molecular flexibility index (Phi) is 5.04. The van der Waals surface area contributed by atoms with E-state index in [4.69, 9.17) is 10.2 Å². The summed E-state index contributed by atoms with van der Waals surface area (Å²) in [5.41, 5.74) is 1.98. The van der Waals surface area contributed by atoms with Gasteiger partial charge in [0.05, 0.1) is 6.61 Å². The number of rotatable bonds is 6. The van der Waals surface area contributed by atoms with Gasteiger partial charge in [0.25, 0.3) is 0 Å². The molecule has 0 unspecified atom stereocenters. The summed E-state index contributed by atoms with van der Waals surface area (Å²) in [5, 5.41) is 20.6. The van der Waals surface area contributed by atoms with E-state index in [-0.39, 0.29) is 13.2 Å². The number of aliphatic hydroxyl groups excluding tert-OH is 2. The highest BCUT2D eigenvalue weighted by molar-refractivity contribution is 5.44. The molecule has 0 spiro atoms. The summed E-state index contributed by atoms with van der Waals surface area (Å²) in [7, 11) is 0. The fraction of sp³-hybridized carbons (Fsp3) is 0.455. The molecule has 14 heavy (non-hydrogen) atoms. The molecule has 0 amide bonds. The predicted octanol–water partition coefficient (Wildman–Crippen LogP) is 1.36. The molecule has 0 aliphatic rings. The van der Waals surface area contributed by atoms with Crippen LogP contribution in [0, 0.1) is 0 Å². The molecule has 78 valence electrons. The maximum Gasteiger partial charge on any atom is 0.0681 e. The van der Waals surface area contributed by atoms with E-state index in [0.29, 0.717) is 0 Å². The van der Waals surface area contributed by atoms with E-state index < -0.39 is 0 Å². The minimum atomic E-state index is 0.0881. The molecule has 0 fully saturated rings. The van der Waals surface area contributed by atoms with E-state index in [0.717, 1.165) is 30.6 Å². The Balaban J connectivity index is 2.29. The summed E-state index contributed by atoms with van der Waals surface area (Å²) < 4.78 is 0. The van der Waals surface area contributed by atoms with Gasteiger partial charge in [-0.15, -0.1) is 0 Å². The van der Waals surface area contributed by atoms with E-state index >= 15 is 0 Å². The quantitative estimate of drug-likeness (QED) is 0.601. The molecular weight excluding hydrogens is 178 g/mol. The van der Waals surface area contributed by atoms with Crippen molar-refractivity contribution in [2.24, 2.45) is 0 Å². The first-order chi connectivity index (χ1) is 6.86. The van der Waals surface area contributed by atoms with Crippen molar-refractivity contribution in [3.8, 4) is 0 Å². The van der Waals surface area contributed by atoms with Crippen LogP contribution in [0.15, 0.2) is 24.3 Å². The Bertz CT molecular complexity index is 246. The Morgan fingerprint density at radius 1 is 1.00 bits per heavy atom. The third-order valence-corrected chi connectivity index (χ3v) is 2.05. The normalized spacial score (nSPS) is 10.1. The fourth-order valence-corrected chi connectivity index (χ4v) is 1.20. The third kappa shape index (κ3) is 3.77. The highest BCUT2D eigenvalue weighted by Crippen LogP contribution is 2.09. The minimum Gasteiger partial charge on any atom is -0.396 e. The molecule has 1 rings (SSSR count). The van der Waals surface area contributed by atoms with Crippen LogP contribution in [0.1, 0.15) is 18.4 Å². The van der Waals surface area contributed by atoms with E-state index in [1.54, 1.807) is 0 Å². The Morgan fingerprint density at radius 2 is 1.71 bits per heavy atom. The molecule has 1 aromatic rings. The van der Waals surface area contributed by atoms with Gasteiger partial charge in [0, 0.05) is 18.8 Å². The standard InChI is InChI=1S/C11H17NO2/c13-8-2-1-7-12-11-5-3-10(9-14)4-6-11/h3-6,12-14H,1-2,7-9H2. The first-order valence-corrected chi connectivity index (χ1v) is 4.91. The number of hydrogen-bond donors (Lipinski definition) is 3. The molecule has 0 aliphatic carbocycles. The van der Waals surface area contributed by atoms with Crippen molar-refractivity contribution in [2.45, 2.75) is 19.4 Å². The number of nitrogens with one attached hydrogen (secondary N) is 1. The van der Waals surface area contributed by atoms with Crippen LogP contribution in [0.5, 0.6) is 0 Å². The molecule has 3 N–H and O–H groups in total. The monoisotopic (exact) mass is 195 g/mol. The molecule has 3 nitrogen and oxygen atoms in total. The zero-order chi connectivity index (χ0) is 10.2. The van der Waals surface area contributed by atoms with Crippen LogP contribution in [-0.4, -0.2) is 23.4 Å². The molecule has 0 saturated carbocycles. The lowest BCUT2D eigenvalue weighted by Gasteiger charge is -2.05. The second-order valence-electron chi connectivity index (χ2n) is 3.21. The molecule has 0 saturated heterocycles. The number of unbranched alkanes of at least 4 members (excludes halogenated alkanes) is 1. The van der Waals surface area contributed by atoms with Gasteiger partial charge >= 0.3 is 0 Å². The van der Waals surface area contributed by atoms with Gasteiger partial charge in [-0.2, -0.15) is 0 Å². The highest BCUT2D eigenvalue weighted by Gasteiger charge is 1.92. The van der Waals surface area contributed by atoms with Gasteiger partial charge in [-0.3, -0.25) is 0 Å². The van der Waals surface area contributed by atoms with Gasteiger partial charge in [-0.05, 0) is 30.5 Å². The Morgan fingerprint density at radius 3 is 2.29 bits per heavy atom. The van der Waals surface area contributed by atoms with Gasteiger partial charge in [0.15, 0.2) is 0 Å². The lowest BCUT2D eigenvalue weighted by Crippen LogP contribution is -2.02. The summed E-state index contributed by atoms with van der Waals surface area (Å²) >= 11 is 0. The van der Waals surface area contributed by atoms with Crippen LogP contribution in [-0.2, 0) is 6.61 Å². The molecular formula is C11H17NO2. The van der Waals surface area contributed by atoms with Crippen molar-refractivity contribution in [3.63, 3.8) is 0 Å². The van der Waals surface area contributed by atoms with Crippen LogP contribution in [0.25, 0.3) is 0 Å². The Labute approximate surface area is 84.4 Å². The molecule has 3 heteroatoms. The van der Waals surface area contributed by atoms with Crippen molar-refractivity contribution in [1.29, 1.82) is 0 Å². The topological polar surface area (TPSA) is 52.5 Å². The van der Waals surface area contributed by atoms with Crippen LogP contribution in [0.4, 0.5) is 5.69 Å². The van der Waals surface area contributed by atoms with E-state index in [9.17, 15) is 0 Å². The average Bonchev–Trinajstić information content (AvgIpc) is 2.25. The molecule has 0 heterocycles. The van der Waals surface area contributed by atoms with Crippen molar-refractivity contribution < 1.29 is 10.2 Å². The van der Waals surface area contributed by atoms with Crippen LogP contribution < -0.4 is 5.32 Å². The lowest BCUT2D eigenvalue weighted by atomic mass is 10.2. The molecule has 0 atom stereocenters. The molecule has 1 aromatic carbocycles. The van der Waals surface area contributed by atoms with Crippen LogP contribution in [0.2, 0.25) is 0 Å². The zero-order valence-corrected chi connectivity index (χ0v) is 8.24. The number of aliphatic hydroxyl groups is 2. The predicted molar refractivity (Wildman–Crippen MR) is 57.2 cm³/mol. The van der Waals surface area contributed by atoms with Gasteiger partial charge < -0.3 is 15.5 Å².